The molecule has 0 unspecified atom stereocenters. The summed E-state index contributed by atoms with van der Waals surface area (Å²) in [5.41, 5.74) is 6.76. The van der Waals surface area contributed by atoms with Gasteiger partial charge in [0.05, 0.1) is 12.9 Å². The molecule has 0 aliphatic carbocycles. The average Bonchev–Trinajstić information content (AvgIpc) is 2.42. The van der Waals surface area contributed by atoms with Crippen LogP contribution in [-0.4, -0.2) is 30.9 Å². The Balaban J connectivity index is 2.03. The molecule has 0 spiro atoms. The summed E-state index contributed by atoms with van der Waals surface area (Å²) in [7, 11) is 1.70. The van der Waals surface area contributed by atoms with Gasteiger partial charge in [-0.3, -0.25) is 10.3 Å². The number of nitrogens with two attached hydrogens (primary N) is 1. The summed E-state index contributed by atoms with van der Waals surface area (Å²) in [5.74, 6) is 1.24. The molecule has 0 atom stereocenters. The zero-order valence-corrected chi connectivity index (χ0v) is 13.7. The van der Waals surface area contributed by atoms with Gasteiger partial charge in [0.2, 0.25) is 0 Å². The van der Waals surface area contributed by atoms with Crippen molar-refractivity contribution < 1.29 is 4.74 Å². The van der Waals surface area contributed by atoms with Crippen molar-refractivity contribution in [2.75, 3.05) is 20.2 Å². The Hall–Kier alpha value is -1.07. The van der Waals surface area contributed by atoms with E-state index >= 15 is 0 Å². The lowest BCUT2D eigenvalue weighted by Crippen LogP contribution is -2.44. The molecule has 110 valence electrons. The van der Waals surface area contributed by atoms with Gasteiger partial charge in [-0.1, -0.05) is 22.9 Å². The first-order chi connectivity index (χ1) is 9.44. The van der Waals surface area contributed by atoms with Crippen molar-refractivity contribution in [2.24, 2.45) is 11.1 Å². The molecule has 1 aliphatic rings. The standard InChI is InChI=1S/C15H22BrN3O/c1-15(14(17)18)5-7-19(8-6-15)10-11-9-12(16)3-4-13(11)20-2/h3-4,9H,5-8,10H2,1-2H3,(H3,17,18). The molecule has 1 heterocycles. The number of nitrogens with one attached hydrogen (secondary N) is 1. The molecule has 0 amide bonds. The highest BCUT2D eigenvalue weighted by Gasteiger charge is 2.32. The molecule has 1 aromatic carbocycles. The number of rotatable bonds is 4. The van der Waals surface area contributed by atoms with Gasteiger partial charge >= 0.3 is 0 Å². The maximum Gasteiger partial charge on any atom is 0.123 e. The van der Waals surface area contributed by atoms with Gasteiger partial charge in [-0.25, -0.2) is 0 Å². The van der Waals surface area contributed by atoms with Crippen molar-refractivity contribution in [1.29, 1.82) is 5.41 Å². The number of hydrogen-bond donors (Lipinski definition) is 2. The summed E-state index contributed by atoms with van der Waals surface area (Å²) >= 11 is 3.51. The molecule has 3 N–H and O–H groups in total. The molecule has 5 heteroatoms. The number of amidine groups is 1. The zero-order chi connectivity index (χ0) is 14.8. The minimum Gasteiger partial charge on any atom is -0.496 e. The number of halogens is 1. The Kier molecular flexibility index (Phi) is 4.70. The fourth-order valence-electron chi connectivity index (χ4n) is 2.59. The fraction of sp³-hybridized carbons (Fsp3) is 0.533. The van der Waals surface area contributed by atoms with E-state index in [2.05, 4.69) is 33.8 Å². The fourth-order valence-corrected chi connectivity index (χ4v) is 2.99. The van der Waals surface area contributed by atoms with Gasteiger partial charge in [0, 0.05) is 22.0 Å². The Labute approximate surface area is 128 Å². The highest BCUT2D eigenvalue weighted by molar-refractivity contribution is 9.10. The Bertz CT molecular complexity index is 496. The summed E-state index contributed by atoms with van der Waals surface area (Å²) in [4.78, 5) is 2.40. The van der Waals surface area contributed by atoms with Gasteiger partial charge in [-0.05, 0) is 44.1 Å². The van der Waals surface area contributed by atoms with Crippen molar-refractivity contribution in [3.63, 3.8) is 0 Å². The van der Waals surface area contributed by atoms with E-state index in [1.807, 2.05) is 12.1 Å². The van der Waals surface area contributed by atoms with Gasteiger partial charge in [0.15, 0.2) is 0 Å². The second kappa shape index (κ2) is 6.14. The molecular weight excluding hydrogens is 318 g/mol. The van der Waals surface area contributed by atoms with Crippen LogP contribution >= 0.6 is 15.9 Å². The van der Waals surface area contributed by atoms with E-state index in [4.69, 9.17) is 15.9 Å². The molecule has 4 nitrogen and oxygen atoms in total. The first kappa shape index (κ1) is 15.3. The number of ether oxygens (including phenoxy) is 1. The van der Waals surface area contributed by atoms with Crippen LogP contribution in [0.25, 0.3) is 0 Å². The van der Waals surface area contributed by atoms with Crippen LogP contribution in [-0.2, 0) is 6.54 Å². The Morgan fingerprint density at radius 3 is 2.65 bits per heavy atom. The number of piperidine rings is 1. The monoisotopic (exact) mass is 339 g/mol. The quantitative estimate of drug-likeness (QED) is 0.654. The van der Waals surface area contributed by atoms with E-state index in [0.717, 1.165) is 42.7 Å². The normalized spacial score (nSPS) is 18.8. The maximum absolute atomic E-state index is 7.70. The molecular formula is C15H22BrN3O. The van der Waals surface area contributed by atoms with Crippen molar-refractivity contribution in [1.82, 2.24) is 4.90 Å². The summed E-state index contributed by atoms with van der Waals surface area (Å²) < 4.78 is 6.49. The largest absolute Gasteiger partial charge is 0.496 e. The lowest BCUT2D eigenvalue weighted by molar-refractivity contribution is 0.154. The van der Waals surface area contributed by atoms with E-state index in [9.17, 15) is 0 Å². The third-order valence-corrected chi connectivity index (χ3v) is 4.74. The topological polar surface area (TPSA) is 62.3 Å². The first-order valence-corrected chi connectivity index (χ1v) is 7.63. The lowest BCUT2D eigenvalue weighted by Gasteiger charge is -2.38. The van der Waals surface area contributed by atoms with Crippen LogP contribution in [0.4, 0.5) is 0 Å². The molecule has 20 heavy (non-hydrogen) atoms. The molecule has 0 bridgehead atoms. The minimum absolute atomic E-state index is 0.127. The van der Waals surface area contributed by atoms with Gasteiger partial charge in [0.1, 0.15) is 5.75 Å². The Morgan fingerprint density at radius 1 is 1.45 bits per heavy atom. The van der Waals surface area contributed by atoms with E-state index in [-0.39, 0.29) is 5.41 Å². The predicted molar refractivity (Wildman–Crippen MR) is 85.2 cm³/mol. The number of methoxy groups -OCH3 is 1. The molecule has 1 aromatic rings. The predicted octanol–water partition coefficient (Wildman–Crippen LogP) is 3.00. The van der Waals surface area contributed by atoms with E-state index in [0.29, 0.717) is 5.84 Å². The number of likely N-dealkylation sites (tertiary alicyclic amines) is 1. The molecule has 1 saturated heterocycles. The first-order valence-electron chi connectivity index (χ1n) is 6.84. The van der Waals surface area contributed by atoms with Crippen LogP contribution in [0.1, 0.15) is 25.3 Å². The molecule has 0 saturated carbocycles. The van der Waals surface area contributed by atoms with Crippen LogP contribution < -0.4 is 10.5 Å². The Morgan fingerprint density at radius 2 is 2.10 bits per heavy atom. The number of hydrogen-bond acceptors (Lipinski definition) is 3. The molecule has 0 aromatic heterocycles. The average molecular weight is 340 g/mol. The molecule has 1 aliphatic heterocycles. The summed E-state index contributed by atoms with van der Waals surface area (Å²) in [5, 5.41) is 7.70. The van der Waals surface area contributed by atoms with E-state index < -0.39 is 0 Å². The minimum atomic E-state index is -0.127. The second-order valence-corrected chi connectivity index (χ2v) is 6.62. The number of benzene rings is 1. The highest BCUT2D eigenvalue weighted by Crippen LogP contribution is 2.32. The van der Waals surface area contributed by atoms with Crippen molar-refractivity contribution in [3.8, 4) is 5.75 Å². The molecule has 2 rings (SSSR count). The van der Waals surface area contributed by atoms with Gasteiger partial charge in [0.25, 0.3) is 0 Å². The zero-order valence-electron chi connectivity index (χ0n) is 12.1. The van der Waals surface area contributed by atoms with Gasteiger partial charge in [-0.2, -0.15) is 0 Å². The van der Waals surface area contributed by atoms with Crippen LogP contribution in [0.5, 0.6) is 5.75 Å². The smallest absolute Gasteiger partial charge is 0.123 e. The summed E-state index contributed by atoms with van der Waals surface area (Å²) in [6, 6.07) is 6.09. The van der Waals surface area contributed by atoms with Gasteiger partial charge in [-0.15, -0.1) is 0 Å². The van der Waals surface area contributed by atoms with Crippen LogP contribution in [0, 0.1) is 10.8 Å². The van der Waals surface area contributed by atoms with Crippen molar-refractivity contribution >= 4 is 21.8 Å². The number of nitrogens with zero attached hydrogens (tertiary/aromatic N) is 1. The van der Waals surface area contributed by atoms with Gasteiger partial charge < -0.3 is 10.5 Å². The van der Waals surface area contributed by atoms with Crippen molar-refractivity contribution in [3.05, 3.63) is 28.2 Å². The third kappa shape index (κ3) is 3.33. The summed E-state index contributed by atoms with van der Waals surface area (Å²) in [6.45, 7) is 4.89. The SMILES string of the molecule is COc1ccc(Br)cc1CN1CCC(C)(C(=N)N)CC1. The molecule has 1 fully saturated rings. The molecule has 0 radical (unpaired) electrons. The summed E-state index contributed by atoms with van der Waals surface area (Å²) in [6.07, 6.45) is 1.89. The lowest BCUT2D eigenvalue weighted by atomic mass is 9.79. The maximum atomic E-state index is 7.70. The van der Waals surface area contributed by atoms with E-state index in [1.54, 1.807) is 7.11 Å². The van der Waals surface area contributed by atoms with Crippen molar-refractivity contribution in [2.45, 2.75) is 26.3 Å². The van der Waals surface area contributed by atoms with Crippen LogP contribution in [0.3, 0.4) is 0 Å². The highest BCUT2D eigenvalue weighted by atomic mass is 79.9. The second-order valence-electron chi connectivity index (χ2n) is 5.71. The third-order valence-electron chi connectivity index (χ3n) is 4.25. The van der Waals surface area contributed by atoms with Crippen LogP contribution in [0.15, 0.2) is 22.7 Å². The van der Waals surface area contributed by atoms with Crippen LogP contribution in [0.2, 0.25) is 0 Å². The van der Waals surface area contributed by atoms with E-state index in [1.165, 1.54) is 5.56 Å².